The number of alkyl halides is 2. The molecule has 1 amide bonds. The van der Waals surface area contributed by atoms with Gasteiger partial charge in [0, 0.05) is 20.0 Å². The molecule has 4 nitrogen and oxygen atoms in total. The number of hydrogen-bond donors (Lipinski definition) is 1. The van der Waals surface area contributed by atoms with Crippen LogP contribution in [0.5, 0.6) is 5.75 Å². The smallest absolute Gasteiger partial charge is 0.387 e. The summed E-state index contributed by atoms with van der Waals surface area (Å²) < 4.78 is 28.9. The molecule has 122 valence electrons. The number of likely N-dealkylation sites (tertiary alicyclic amines) is 1. The Bertz CT molecular complexity index is 489. The van der Waals surface area contributed by atoms with Gasteiger partial charge < -0.3 is 10.1 Å². The number of benzene rings is 1. The molecule has 6 heteroatoms. The standard InChI is InChI=1S/C16H22F2N2O2/c1-12(21)19-10-13-5-7-20(8-6-13)11-14-3-2-4-15(9-14)22-16(17)18/h2-4,9,13,16H,5-8,10-11H2,1H3,(H,19,21). The predicted octanol–water partition coefficient (Wildman–Crippen LogP) is 2.64. The molecule has 1 heterocycles. The molecule has 0 unspecified atom stereocenters. The first-order chi connectivity index (χ1) is 10.5. The fourth-order valence-electron chi connectivity index (χ4n) is 2.71. The Kier molecular flexibility index (Phi) is 6.12. The van der Waals surface area contributed by atoms with E-state index in [1.54, 1.807) is 12.1 Å². The summed E-state index contributed by atoms with van der Waals surface area (Å²) >= 11 is 0. The number of ether oxygens (including phenoxy) is 1. The summed E-state index contributed by atoms with van der Waals surface area (Å²) in [6.45, 7) is 2.10. The van der Waals surface area contributed by atoms with E-state index in [1.807, 2.05) is 6.07 Å². The Morgan fingerprint density at radius 2 is 2.14 bits per heavy atom. The number of carbonyl (C=O) groups is 1. The normalized spacial score (nSPS) is 16.7. The third kappa shape index (κ3) is 5.60. The minimum atomic E-state index is -2.79. The highest BCUT2D eigenvalue weighted by molar-refractivity contribution is 5.72. The van der Waals surface area contributed by atoms with E-state index in [9.17, 15) is 13.6 Å². The third-order valence-corrected chi connectivity index (χ3v) is 3.88. The summed E-state index contributed by atoms with van der Waals surface area (Å²) in [5.41, 5.74) is 0.971. The topological polar surface area (TPSA) is 41.6 Å². The van der Waals surface area contributed by atoms with Gasteiger partial charge in [-0.1, -0.05) is 12.1 Å². The van der Waals surface area contributed by atoms with Crippen LogP contribution in [0.15, 0.2) is 24.3 Å². The van der Waals surface area contributed by atoms with Crippen molar-refractivity contribution in [2.75, 3.05) is 19.6 Å². The van der Waals surface area contributed by atoms with Gasteiger partial charge >= 0.3 is 6.61 Å². The lowest BCUT2D eigenvalue weighted by atomic mass is 9.96. The molecule has 0 saturated carbocycles. The predicted molar refractivity (Wildman–Crippen MR) is 79.8 cm³/mol. The van der Waals surface area contributed by atoms with Gasteiger partial charge in [0.15, 0.2) is 0 Å². The Morgan fingerprint density at radius 3 is 2.77 bits per heavy atom. The van der Waals surface area contributed by atoms with Crippen molar-refractivity contribution >= 4 is 5.91 Å². The summed E-state index contributed by atoms with van der Waals surface area (Å²) in [5.74, 6) is 0.736. The van der Waals surface area contributed by atoms with Gasteiger partial charge in [-0.05, 0) is 49.5 Å². The highest BCUT2D eigenvalue weighted by atomic mass is 19.3. The fraction of sp³-hybridized carbons (Fsp3) is 0.562. The van der Waals surface area contributed by atoms with Gasteiger partial charge in [0.1, 0.15) is 5.75 Å². The largest absolute Gasteiger partial charge is 0.435 e. The number of piperidine rings is 1. The maximum Gasteiger partial charge on any atom is 0.387 e. The molecule has 2 rings (SSSR count). The molecule has 1 aromatic rings. The summed E-state index contributed by atoms with van der Waals surface area (Å²) in [7, 11) is 0. The highest BCUT2D eigenvalue weighted by Gasteiger charge is 2.19. The van der Waals surface area contributed by atoms with Gasteiger partial charge in [0.2, 0.25) is 5.91 Å². The second-order valence-electron chi connectivity index (χ2n) is 5.68. The molecular weight excluding hydrogens is 290 g/mol. The number of carbonyl (C=O) groups excluding carboxylic acids is 1. The van der Waals surface area contributed by atoms with E-state index in [0.717, 1.165) is 44.6 Å². The van der Waals surface area contributed by atoms with Crippen molar-refractivity contribution in [1.82, 2.24) is 10.2 Å². The van der Waals surface area contributed by atoms with Gasteiger partial charge in [0.05, 0.1) is 0 Å². The van der Waals surface area contributed by atoms with Crippen LogP contribution in [-0.2, 0) is 11.3 Å². The zero-order chi connectivity index (χ0) is 15.9. The van der Waals surface area contributed by atoms with E-state index in [0.29, 0.717) is 5.92 Å². The van der Waals surface area contributed by atoms with Crippen LogP contribution in [0.4, 0.5) is 8.78 Å². The van der Waals surface area contributed by atoms with Crippen LogP contribution in [0.25, 0.3) is 0 Å². The van der Waals surface area contributed by atoms with Crippen molar-refractivity contribution in [3.05, 3.63) is 29.8 Å². The molecule has 0 atom stereocenters. The average molecular weight is 312 g/mol. The van der Waals surface area contributed by atoms with Gasteiger partial charge in [0.25, 0.3) is 0 Å². The number of nitrogens with one attached hydrogen (secondary N) is 1. The lowest BCUT2D eigenvalue weighted by Gasteiger charge is -2.32. The lowest BCUT2D eigenvalue weighted by Crippen LogP contribution is -2.37. The minimum Gasteiger partial charge on any atom is -0.435 e. The minimum absolute atomic E-state index is 0.0123. The molecule has 0 aliphatic carbocycles. The monoisotopic (exact) mass is 312 g/mol. The Balaban J connectivity index is 1.79. The first kappa shape index (κ1) is 16.7. The Morgan fingerprint density at radius 1 is 1.41 bits per heavy atom. The van der Waals surface area contributed by atoms with Crippen molar-refractivity contribution in [2.45, 2.75) is 32.9 Å². The van der Waals surface area contributed by atoms with E-state index in [1.165, 1.54) is 13.0 Å². The van der Waals surface area contributed by atoms with Gasteiger partial charge in [-0.2, -0.15) is 8.78 Å². The van der Waals surface area contributed by atoms with E-state index in [2.05, 4.69) is 15.0 Å². The van der Waals surface area contributed by atoms with Crippen LogP contribution >= 0.6 is 0 Å². The lowest BCUT2D eigenvalue weighted by molar-refractivity contribution is -0.119. The van der Waals surface area contributed by atoms with Crippen molar-refractivity contribution in [3.63, 3.8) is 0 Å². The van der Waals surface area contributed by atoms with Crippen LogP contribution in [0.2, 0.25) is 0 Å². The number of rotatable bonds is 6. The molecule has 0 bridgehead atoms. The SMILES string of the molecule is CC(=O)NCC1CCN(Cc2cccc(OC(F)F)c2)CC1. The first-order valence-corrected chi connectivity index (χ1v) is 7.53. The van der Waals surface area contributed by atoms with Crippen LogP contribution in [-0.4, -0.2) is 37.1 Å². The summed E-state index contributed by atoms with van der Waals surface area (Å²) in [6.07, 6.45) is 2.07. The first-order valence-electron chi connectivity index (χ1n) is 7.53. The third-order valence-electron chi connectivity index (χ3n) is 3.88. The van der Waals surface area contributed by atoms with Crippen molar-refractivity contribution in [2.24, 2.45) is 5.92 Å². The molecular formula is C16H22F2N2O2. The van der Waals surface area contributed by atoms with Gasteiger partial charge in [-0.3, -0.25) is 9.69 Å². The van der Waals surface area contributed by atoms with E-state index < -0.39 is 6.61 Å². The number of halogens is 2. The maximum atomic E-state index is 12.2. The van der Waals surface area contributed by atoms with Crippen LogP contribution in [0, 0.1) is 5.92 Å². The zero-order valence-corrected chi connectivity index (χ0v) is 12.7. The molecule has 22 heavy (non-hydrogen) atoms. The quantitative estimate of drug-likeness (QED) is 0.878. The number of hydrogen-bond acceptors (Lipinski definition) is 3. The fourth-order valence-corrected chi connectivity index (χ4v) is 2.71. The number of nitrogens with zero attached hydrogens (tertiary/aromatic N) is 1. The molecule has 0 spiro atoms. The van der Waals surface area contributed by atoms with E-state index >= 15 is 0 Å². The van der Waals surface area contributed by atoms with Crippen molar-refractivity contribution < 1.29 is 18.3 Å². The maximum absolute atomic E-state index is 12.2. The van der Waals surface area contributed by atoms with Crippen LogP contribution in [0.1, 0.15) is 25.3 Å². The molecule has 1 fully saturated rings. The van der Waals surface area contributed by atoms with Crippen LogP contribution in [0.3, 0.4) is 0 Å². The molecule has 1 N–H and O–H groups in total. The van der Waals surface area contributed by atoms with Crippen molar-refractivity contribution in [3.8, 4) is 5.75 Å². The molecule has 0 aromatic heterocycles. The highest BCUT2D eigenvalue weighted by Crippen LogP contribution is 2.21. The van der Waals surface area contributed by atoms with Gasteiger partial charge in [-0.25, -0.2) is 0 Å². The van der Waals surface area contributed by atoms with Crippen LogP contribution < -0.4 is 10.1 Å². The summed E-state index contributed by atoms with van der Waals surface area (Å²) in [6, 6.07) is 6.85. The molecule has 0 radical (unpaired) electrons. The zero-order valence-electron chi connectivity index (χ0n) is 12.7. The summed E-state index contributed by atoms with van der Waals surface area (Å²) in [5, 5.41) is 2.86. The molecule has 1 saturated heterocycles. The Hall–Kier alpha value is -1.69. The summed E-state index contributed by atoms with van der Waals surface area (Å²) in [4.78, 5) is 13.2. The van der Waals surface area contributed by atoms with Gasteiger partial charge in [-0.15, -0.1) is 0 Å². The average Bonchev–Trinajstić information content (AvgIpc) is 2.46. The molecule has 1 aromatic carbocycles. The van der Waals surface area contributed by atoms with E-state index in [4.69, 9.17) is 0 Å². The number of amides is 1. The van der Waals surface area contributed by atoms with Crippen molar-refractivity contribution in [1.29, 1.82) is 0 Å². The molecule has 1 aliphatic heterocycles. The second kappa shape index (κ2) is 8.08. The van der Waals surface area contributed by atoms with E-state index in [-0.39, 0.29) is 11.7 Å². The molecule has 1 aliphatic rings. The Labute approximate surface area is 129 Å². The second-order valence-corrected chi connectivity index (χ2v) is 5.68.